The molecule has 0 unspecified atom stereocenters. The molecule has 1 saturated heterocycles. The monoisotopic (exact) mass is 466 g/mol. The van der Waals surface area contributed by atoms with Gasteiger partial charge in [0.15, 0.2) is 6.61 Å². The van der Waals surface area contributed by atoms with Gasteiger partial charge < -0.3 is 15.2 Å². The fourth-order valence-electron chi connectivity index (χ4n) is 3.22. The summed E-state index contributed by atoms with van der Waals surface area (Å²) in [5.41, 5.74) is 0.806. The van der Waals surface area contributed by atoms with Gasteiger partial charge in [0, 0.05) is 23.8 Å². The highest BCUT2D eigenvalue weighted by atomic mass is 35.5. The lowest BCUT2D eigenvalue weighted by atomic mass is 10.2. The molecule has 0 aromatic heterocycles. The number of nitrogens with one attached hydrogen (secondary N) is 1. The zero-order chi connectivity index (χ0) is 22.6. The highest BCUT2D eigenvalue weighted by Crippen LogP contribution is 2.25. The third-order valence-corrected chi connectivity index (χ3v) is 7.08. The molecule has 8 nitrogen and oxygen atoms in total. The predicted octanol–water partition coefficient (Wildman–Crippen LogP) is 3.32. The molecule has 1 aliphatic rings. The molecular formula is C21H23ClN2O6S. The van der Waals surface area contributed by atoms with Gasteiger partial charge in [-0.25, -0.2) is 13.2 Å². The van der Waals surface area contributed by atoms with Crippen molar-refractivity contribution in [3.63, 3.8) is 0 Å². The van der Waals surface area contributed by atoms with Gasteiger partial charge in [-0.2, -0.15) is 4.31 Å². The number of halogens is 1. The highest BCUT2D eigenvalue weighted by Gasteiger charge is 2.26. The minimum absolute atomic E-state index is 0.0937. The summed E-state index contributed by atoms with van der Waals surface area (Å²) < 4.78 is 32.1. The molecule has 1 heterocycles. The third-order valence-electron chi connectivity index (χ3n) is 4.95. The van der Waals surface area contributed by atoms with Crippen LogP contribution in [-0.2, 0) is 19.6 Å². The molecule has 1 aliphatic heterocycles. The standard InChI is InChI=1S/C21H23ClN2O6S/c1-14-5-7-16(31(28,29)24-9-3-2-4-10-24)12-18(14)23-20(26)13-30-21(27)17-11-15(22)6-8-19(17)25/h5-8,11-12,25H,2-4,9-10,13H2,1H3,(H,23,26). The maximum absolute atomic E-state index is 12.9. The van der Waals surface area contributed by atoms with Crippen LogP contribution >= 0.6 is 11.6 Å². The number of nitrogens with zero attached hydrogens (tertiary/aromatic N) is 1. The van der Waals surface area contributed by atoms with Gasteiger partial charge in [0.25, 0.3) is 5.91 Å². The lowest BCUT2D eigenvalue weighted by Crippen LogP contribution is -2.35. The van der Waals surface area contributed by atoms with E-state index in [1.807, 2.05) is 0 Å². The van der Waals surface area contributed by atoms with Gasteiger partial charge in [0.05, 0.1) is 4.90 Å². The van der Waals surface area contributed by atoms with E-state index in [1.165, 1.54) is 34.6 Å². The van der Waals surface area contributed by atoms with Crippen LogP contribution in [-0.4, -0.2) is 49.4 Å². The summed E-state index contributed by atoms with van der Waals surface area (Å²) in [6.45, 7) is 2.06. The molecule has 10 heteroatoms. The highest BCUT2D eigenvalue weighted by molar-refractivity contribution is 7.89. The number of carbonyl (C=O) groups excluding carboxylic acids is 2. The maximum Gasteiger partial charge on any atom is 0.342 e. The van der Waals surface area contributed by atoms with Crippen LogP contribution in [0.1, 0.15) is 35.2 Å². The van der Waals surface area contributed by atoms with E-state index in [9.17, 15) is 23.1 Å². The molecule has 0 aliphatic carbocycles. The van der Waals surface area contributed by atoms with E-state index in [-0.39, 0.29) is 21.2 Å². The van der Waals surface area contributed by atoms with Gasteiger partial charge in [-0.1, -0.05) is 24.1 Å². The SMILES string of the molecule is Cc1ccc(S(=O)(=O)N2CCCCC2)cc1NC(=O)COC(=O)c1cc(Cl)ccc1O. The number of ether oxygens (including phenoxy) is 1. The van der Waals surface area contributed by atoms with Gasteiger partial charge >= 0.3 is 5.97 Å². The molecule has 31 heavy (non-hydrogen) atoms. The second kappa shape index (κ2) is 9.67. The Hall–Kier alpha value is -2.62. The normalized spacial score (nSPS) is 14.8. The van der Waals surface area contributed by atoms with E-state index in [2.05, 4.69) is 5.32 Å². The number of anilines is 1. The second-order valence-electron chi connectivity index (χ2n) is 7.23. The molecule has 2 aromatic carbocycles. The fourth-order valence-corrected chi connectivity index (χ4v) is 4.93. The number of phenols is 1. The second-order valence-corrected chi connectivity index (χ2v) is 9.60. The Morgan fingerprint density at radius 3 is 2.55 bits per heavy atom. The molecular weight excluding hydrogens is 444 g/mol. The first kappa shape index (κ1) is 23.1. The zero-order valence-corrected chi connectivity index (χ0v) is 18.5. The summed E-state index contributed by atoms with van der Waals surface area (Å²) in [6, 6.07) is 8.42. The predicted molar refractivity (Wildman–Crippen MR) is 116 cm³/mol. The van der Waals surface area contributed by atoms with E-state index >= 15 is 0 Å². The molecule has 2 N–H and O–H groups in total. The number of benzene rings is 2. The number of aromatic hydroxyl groups is 1. The minimum Gasteiger partial charge on any atom is -0.507 e. The molecule has 1 amide bonds. The largest absolute Gasteiger partial charge is 0.507 e. The molecule has 3 rings (SSSR count). The quantitative estimate of drug-likeness (QED) is 0.631. The Balaban J connectivity index is 1.68. The number of hydrogen-bond donors (Lipinski definition) is 2. The number of rotatable bonds is 6. The van der Waals surface area contributed by atoms with Crippen molar-refractivity contribution in [2.24, 2.45) is 0 Å². The molecule has 0 atom stereocenters. The minimum atomic E-state index is -3.65. The molecule has 1 fully saturated rings. The Bertz CT molecular complexity index is 1100. The summed E-state index contributed by atoms with van der Waals surface area (Å²) in [7, 11) is -3.65. The van der Waals surface area contributed by atoms with E-state index < -0.39 is 28.5 Å². The lowest BCUT2D eigenvalue weighted by Gasteiger charge is -2.26. The number of aryl methyl sites for hydroxylation is 1. The van der Waals surface area contributed by atoms with Crippen LogP contribution in [0.3, 0.4) is 0 Å². The Morgan fingerprint density at radius 1 is 1.13 bits per heavy atom. The smallest absolute Gasteiger partial charge is 0.342 e. The van der Waals surface area contributed by atoms with Crippen molar-refractivity contribution in [3.05, 3.63) is 52.5 Å². The number of hydrogen-bond acceptors (Lipinski definition) is 6. The van der Waals surface area contributed by atoms with Gasteiger partial charge in [-0.3, -0.25) is 4.79 Å². The molecule has 0 saturated carbocycles. The number of carbonyl (C=O) groups is 2. The van der Waals surface area contributed by atoms with Crippen LogP contribution in [0, 0.1) is 6.92 Å². The summed E-state index contributed by atoms with van der Waals surface area (Å²) in [5.74, 6) is -1.87. The maximum atomic E-state index is 12.9. The summed E-state index contributed by atoms with van der Waals surface area (Å²) in [6.07, 6.45) is 2.65. The fraction of sp³-hybridized carbons (Fsp3) is 0.333. The van der Waals surface area contributed by atoms with Crippen molar-refractivity contribution in [1.82, 2.24) is 4.31 Å². The van der Waals surface area contributed by atoms with Crippen LogP contribution in [0.4, 0.5) is 5.69 Å². The number of piperidine rings is 1. The molecule has 0 bridgehead atoms. The van der Waals surface area contributed by atoms with Crippen LogP contribution in [0.25, 0.3) is 0 Å². The number of esters is 1. The number of phenolic OH excluding ortho intramolecular Hbond substituents is 1. The average Bonchev–Trinajstić information content (AvgIpc) is 2.75. The lowest BCUT2D eigenvalue weighted by molar-refractivity contribution is -0.119. The van der Waals surface area contributed by atoms with E-state index in [0.29, 0.717) is 24.3 Å². The zero-order valence-electron chi connectivity index (χ0n) is 16.9. The Morgan fingerprint density at radius 2 is 1.84 bits per heavy atom. The Kier molecular flexibility index (Phi) is 7.19. The van der Waals surface area contributed by atoms with Crippen molar-refractivity contribution in [3.8, 4) is 5.75 Å². The molecule has 0 spiro atoms. The summed E-state index contributed by atoms with van der Waals surface area (Å²) >= 11 is 5.81. The van der Waals surface area contributed by atoms with Gasteiger partial charge in [0.1, 0.15) is 11.3 Å². The Labute approximate surface area is 185 Å². The van der Waals surface area contributed by atoms with Crippen molar-refractivity contribution in [2.75, 3.05) is 25.0 Å². The van der Waals surface area contributed by atoms with Crippen molar-refractivity contribution < 1.29 is 27.9 Å². The molecule has 0 radical (unpaired) electrons. The van der Waals surface area contributed by atoms with Crippen LogP contribution in [0.2, 0.25) is 5.02 Å². The third kappa shape index (κ3) is 5.55. The molecule has 166 valence electrons. The summed E-state index contributed by atoms with van der Waals surface area (Å²) in [4.78, 5) is 24.5. The van der Waals surface area contributed by atoms with E-state index in [1.54, 1.807) is 13.0 Å². The van der Waals surface area contributed by atoms with Crippen LogP contribution < -0.4 is 5.32 Å². The van der Waals surface area contributed by atoms with Gasteiger partial charge in [-0.05, 0) is 55.7 Å². The topological polar surface area (TPSA) is 113 Å². The van der Waals surface area contributed by atoms with E-state index in [4.69, 9.17) is 16.3 Å². The summed E-state index contributed by atoms with van der Waals surface area (Å²) in [5, 5.41) is 12.5. The van der Waals surface area contributed by atoms with Crippen LogP contribution in [0.5, 0.6) is 5.75 Å². The van der Waals surface area contributed by atoms with E-state index in [0.717, 1.165) is 19.3 Å². The first-order chi connectivity index (χ1) is 14.7. The number of amides is 1. The average molecular weight is 467 g/mol. The van der Waals surface area contributed by atoms with Crippen molar-refractivity contribution in [1.29, 1.82) is 0 Å². The number of sulfonamides is 1. The first-order valence-electron chi connectivity index (χ1n) is 9.75. The van der Waals surface area contributed by atoms with Crippen LogP contribution in [0.15, 0.2) is 41.3 Å². The molecule has 2 aromatic rings. The first-order valence-corrected chi connectivity index (χ1v) is 11.6. The van der Waals surface area contributed by atoms with Gasteiger partial charge in [-0.15, -0.1) is 0 Å². The van der Waals surface area contributed by atoms with Crippen molar-refractivity contribution >= 4 is 39.2 Å². The van der Waals surface area contributed by atoms with Crippen molar-refractivity contribution in [2.45, 2.75) is 31.1 Å². The van der Waals surface area contributed by atoms with Gasteiger partial charge in [0.2, 0.25) is 10.0 Å².